The number of carbonyl (C=O) groups is 1. The molecule has 1 atom stereocenters. The zero-order valence-electron chi connectivity index (χ0n) is 17.3. The molecule has 4 heterocycles. The van der Waals surface area contributed by atoms with Crippen LogP contribution in [0.1, 0.15) is 23.3 Å². The zero-order chi connectivity index (χ0) is 21.8. The van der Waals surface area contributed by atoms with E-state index in [1.807, 2.05) is 6.07 Å². The van der Waals surface area contributed by atoms with Crippen molar-refractivity contribution >= 4 is 23.0 Å². The quantitative estimate of drug-likeness (QED) is 0.574. The highest BCUT2D eigenvalue weighted by Gasteiger charge is 2.22. The van der Waals surface area contributed by atoms with Gasteiger partial charge >= 0.3 is 0 Å². The maximum absolute atomic E-state index is 13.1. The molecule has 4 rings (SSSR count). The molecule has 0 spiro atoms. The summed E-state index contributed by atoms with van der Waals surface area (Å²) in [5.74, 6) is 0.187. The minimum atomic E-state index is -0.419. The van der Waals surface area contributed by atoms with Crippen LogP contribution in [0.25, 0.3) is 11.3 Å². The van der Waals surface area contributed by atoms with Crippen LogP contribution < -0.4 is 26.4 Å². The van der Waals surface area contributed by atoms with E-state index >= 15 is 0 Å². The molecule has 1 aliphatic rings. The molecule has 0 saturated carbocycles. The van der Waals surface area contributed by atoms with Crippen LogP contribution in [0.15, 0.2) is 49.1 Å². The van der Waals surface area contributed by atoms with Crippen LogP contribution in [-0.4, -0.2) is 47.1 Å². The van der Waals surface area contributed by atoms with Crippen molar-refractivity contribution in [2.24, 2.45) is 5.73 Å². The molecule has 0 aromatic carbocycles. The molecule has 1 saturated heterocycles. The Morgan fingerprint density at radius 1 is 1.19 bits per heavy atom. The standard InChI is InChI=1S/C22H25N7O2/c1-31-20-7-9-25-11-15(20)17-5-4-16(24)21(27-17)22(30)28-18-12-26-8-6-19(18)29-10-2-3-14(23)13-29/h4-9,11-12,14H,2-3,10,13,23-24H2,1H3,(H,28,30)/t14-/m0/s1. The van der Waals surface area contributed by atoms with Crippen LogP contribution in [0.2, 0.25) is 0 Å². The van der Waals surface area contributed by atoms with Gasteiger partial charge in [0.15, 0.2) is 5.69 Å². The average molecular weight is 419 g/mol. The van der Waals surface area contributed by atoms with Gasteiger partial charge in [-0.25, -0.2) is 4.98 Å². The lowest BCUT2D eigenvalue weighted by Gasteiger charge is -2.33. The third-order valence-corrected chi connectivity index (χ3v) is 5.26. The first-order chi connectivity index (χ1) is 15.1. The van der Waals surface area contributed by atoms with E-state index in [2.05, 4.69) is 25.2 Å². The Labute approximate surface area is 180 Å². The molecule has 1 aliphatic heterocycles. The molecule has 9 nitrogen and oxygen atoms in total. The normalized spacial score (nSPS) is 16.1. The second-order valence-electron chi connectivity index (χ2n) is 7.41. The summed E-state index contributed by atoms with van der Waals surface area (Å²) in [4.78, 5) is 28.1. The summed E-state index contributed by atoms with van der Waals surface area (Å²) in [5.41, 5.74) is 15.3. The van der Waals surface area contributed by atoms with E-state index < -0.39 is 5.91 Å². The van der Waals surface area contributed by atoms with Crippen molar-refractivity contribution in [2.45, 2.75) is 18.9 Å². The number of carbonyl (C=O) groups excluding carboxylic acids is 1. The summed E-state index contributed by atoms with van der Waals surface area (Å²) >= 11 is 0. The highest BCUT2D eigenvalue weighted by molar-refractivity contribution is 6.08. The van der Waals surface area contributed by atoms with Gasteiger partial charge in [-0.3, -0.25) is 14.8 Å². The first kappa shape index (κ1) is 20.5. The van der Waals surface area contributed by atoms with Gasteiger partial charge in [0.25, 0.3) is 5.91 Å². The van der Waals surface area contributed by atoms with E-state index in [0.29, 0.717) is 22.7 Å². The van der Waals surface area contributed by atoms with Gasteiger partial charge in [-0.2, -0.15) is 0 Å². The lowest BCUT2D eigenvalue weighted by atomic mass is 10.1. The highest BCUT2D eigenvalue weighted by Crippen LogP contribution is 2.30. The number of aromatic nitrogens is 3. The van der Waals surface area contributed by atoms with Gasteiger partial charge in [-0.15, -0.1) is 0 Å². The highest BCUT2D eigenvalue weighted by atomic mass is 16.5. The van der Waals surface area contributed by atoms with Crippen molar-refractivity contribution in [3.05, 3.63) is 54.7 Å². The largest absolute Gasteiger partial charge is 0.496 e. The van der Waals surface area contributed by atoms with Crippen LogP contribution in [-0.2, 0) is 0 Å². The number of ether oxygens (including phenoxy) is 1. The molecule has 31 heavy (non-hydrogen) atoms. The number of piperidine rings is 1. The summed E-state index contributed by atoms with van der Waals surface area (Å²) in [5, 5.41) is 2.91. The van der Waals surface area contributed by atoms with E-state index in [-0.39, 0.29) is 17.4 Å². The molecule has 3 aromatic rings. The number of rotatable bonds is 5. The molecule has 0 unspecified atom stereocenters. The van der Waals surface area contributed by atoms with E-state index in [1.54, 1.807) is 50.1 Å². The monoisotopic (exact) mass is 419 g/mol. The Kier molecular flexibility index (Phi) is 5.94. The number of amides is 1. The van der Waals surface area contributed by atoms with Crippen molar-refractivity contribution in [1.82, 2.24) is 15.0 Å². The fourth-order valence-corrected chi connectivity index (χ4v) is 3.72. The molecule has 3 aromatic heterocycles. The molecule has 1 fully saturated rings. The third kappa shape index (κ3) is 4.41. The van der Waals surface area contributed by atoms with Crippen LogP contribution in [0.5, 0.6) is 5.75 Å². The lowest BCUT2D eigenvalue weighted by molar-refractivity contribution is 0.102. The molecule has 1 amide bonds. The topological polar surface area (TPSA) is 132 Å². The molecular weight excluding hydrogens is 394 g/mol. The zero-order valence-corrected chi connectivity index (χ0v) is 17.3. The van der Waals surface area contributed by atoms with Crippen molar-refractivity contribution < 1.29 is 9.53 Å². The Hall–Kier alpha value is -3.72. The molecule has 0 aliphatic carbocycles. The van der Waals surface area contributed by atoms with Gasteiger partial charge in [0.05, 0.1) is 41.6 Å². The number of hydrogen-bond donors (Lipinski definition) is 3. The fraction of sp³-hybridized carbons (Fsp3) is 0.273. The minimum Gasteiger partial charge on any atom is -0.496 e. The van der Waals surface area contributed by atoms with Crippen LogP contribution in [0.3, 0.4) is 0 Å². The molecule has 5 N–H and O–H groups in total. The Balaban J connectivity index is 1.63. The van der Waals surface area contributed by atoms with Crippen molar-refractivity contribution in [2.75, 3.05) is 36.1 Å². The van der Waals surface area contributed by atoms with Gasteiger partial charge in [-0.05, 0) is 37.1 Å². The van der Waals surface area contributed by atoms with Gasteiger partial charge in [0, 0.05) is 37.7 Å². The predicted molar refractivity (Wildman–Crippen MR) is 120 cm³/mol. The number of nitrogens with one attached hydrogen (secondary N) is 1. The van der Waals surface area contributed by atoms with E-state index in [0.717, 1.165) is 31.6 Å². The maximum Gasteiger partial charge on any atom is 0.276 e. The van der Waals surface area contributed by atoms with Gasteiger partial charge in [0.2, 0.25) is 0 Å². The lowest BCUT2D eigenvalue weighted by Crippen LogP contribution is -2.43. The third-order valence-electron chi connectivity index (χ3n) is 5.26. The predicted octanol–water partition coefficient (Wildman–Crippen LogP) is 2.31. The summed E-state index contributed by atoms with van der Waals surface area (Å²) < 4.78 is 5.38. The SMILES string of the molecule is COc1ccncc1-c1ccc(N)c(C(=O)Nc2cnccc2N2CCC[C@H](N)C2)n1. The molecule has 160 valence electrons. The second-order valence-corrected chi connectivity index (χ2v) is 7.41. The molecular formula is C22H25N7O2. The van der Waals surface area contributed by atoms with Crippen molar-refractivity contribution in [3.8, 4) is 17.0 Å². The van der Waals surface area contributed by atoms with E-state index in [1.165, 1.54) is 0 Å². The average Bonchev–Trinajstić information content (AvgIpc) is 2.79. The van der Waals surface area contributed by atoms with Crippen molar-refractivity contribution in [1.29, 1.82) is 0 Å². The van der Waals surface area contributed by atoms with Gasteiger partial charge in [-0.1, -0.05) is 0 Å². The van der Waals surface area contributed by atoms with Crippen LogP contribution >= 0.6 is 0 Å². The second kappa shape index (κ2) is 8.97. The van der Waals surface area contributed by atoms with Crippen LogP contribution in [0, 0.1) is 0 Å². The van der Waals surface area contributed by atoms with Gasteiger partial charge in [0.1, 0.15) is 5.75 Å². The Morgan fingerprint density at radius 2 is 2.00 bits per heavy atom. The number of hydrogen-bond acceptors (Lipinski definition) is 8. The number of nitrogens with zero attached hydrogens (tertiary/aromatic N) is 4. The molecule has 0 radical (unpaired) electrons. The number of anilines is 3. The maximum atomic E-state index is 13.1. The summed E-state index contributed by atoms with van der Waals surface area (Å²) in [6, 6.07) is 7.10. The minimum absolute atomic E-state index is 0.105. The molecule has 0 bridgehead atoms. The number of nitrogen functional groups attached to an aromatic ring is 1. The van der Waals surface area contributed by atoms with Crippen LogP contribution in [0.4, 0.5) is 17.1 Å². The Bertz CT molecular complexity index is 1090. The Morgan fingerprint density at radius 3 is 2.81 bits per heavy atom. The van der Waals surface area contributed by atoms with Crippen molar-refractivity contribution in [3.63, 3.8) is 0 Å². The number of methoxy groups -OCH3 is 1. The molecule has 9 heteroatoms. The van der Waals surface area contributed by atoms with Gasteiger partial charge < -0.3 is 26.4 Å². The van der Waals surface area contributed by atoms with E-state index in [4.69, 9.17) is 16.2 Å². The summed E-state index contributed by atoms with van der Waals surface area (Å²) in [6.45, 7) is 1.60. The number of nitrogens with two attached hydrogens (primary N) is 2. The number of pyridine rings is 3. The fourth-order valence-electron chi connectivity index (χ4n) is 3.72. The van der Waals surface area contributed by atoms with E-state index in [9.17, 15) is 4.79 Å². The first-order valence-electron chi connectivity index (χ1n) is 10.1. The summed E-state index contributed by atoms with van der Waals surface area (Å²) in [6.07, 6.45) is 8.58. The summed E-state index contributed by atoms with van der Waals surface area (Å²) in [7, 11) is 1.57. The smallest absolute Gasteiger partial charge is 0.276 e. The first-order valence-corrected chi connectivity index (χ1v) is 10.1.